The van der Waals surface area contributed by atoms with Crippen molar-refractivity contribution in [3.63, 3.8) is 0 Å². The van der Waals surface area contributed by atoms with E-state index in [0.29, 0.717) is 105 Å². The van der Waals surface area contributed by atoms with Crippen molar-refractivity contribution in [1.82, 2.24) is 20.9 Å². The molecule has 0 spiro atoms. The van der Waals surface area contributed by atoms with Crippen LogP contribution < -0.4 is 65.7 Å². The van der Waals surface area contributed by atoms with Gasteiger partial charge in [-0.1, -0.05) is 145 Å². The van der Waals surface area contributed by atoms with E-state index in [-0.39, 0.29) is 12.9 Å². The fourth-order valence-electron chi connectivity index (χ4n) is 7.33. The summed E-state index contributed by atoms with van der Waals surface area (Å²) in [5.74, 6) is 6.20. The number of aryl methyl sites for hydroxylation is 1. The molecule has 4 aromatic rings. The normalized spacial score (nSPS) is 10.8. The van der Waals surface area contributed by atoms with Crippen LogP contribution in [0.3, 0.4) is 0 Å². The first-order valence-corrected chi connectivity index (χ1v) is 36.7. The summed E-state index contributed by atoms with van der Waals surface area (Å²) in [6.45, 7) is 24.9. The monoisotopic (exact) mass is 1540 g/mol. The zero-order valence-electron chi connectivity index (χ0n) is 64.0. The second-order valence-corrected chi connectivity index (χ2v) is 22.8. The van der Waals surface area contributed by atoms with Gasteiger partial charge < -0.3 is 119 Å². The summed E-state index contributed by atoms with van der Waals surface area (Å²) in [5.41, 5.74) is 36.6. The van der Waals surface area contributed by atoms with Gasteiger partial charge in [0.1, 0.15) is 6.61 Å². The van der Waals surface area contributed by atoms with E-state index in [9.17, 15) is 0 Å². The molecule has 1 saturated heterocycles. The summed E-state index contributed by atoms with van der Waals surface area (Å²) in [6.07, 6.45) is 15.8. The first-order chi connectivity index (χ1) is 48.8. The minimum Gasteiger partial charge on any atom is -0.493 e. The largest absolute Gasteiger partial charge is 0.493 e. The van der Waals surface area contributed by atoms with Crippen LogP contribution in [0.2, 0.25) is 0 Å². The summed E-state index contributed by atoms with van der Waals surface area (Å²) >= 11 is 2.31. The molecule has 0 saturated carbocycles. The Morgan fingerprint density at radius 1 is 0.530 bits per heavy atom. The number of methoxy groups -OCH3 is 3. The molecule has 4 aromatic carbocycles. The molecule has 0 aliphatic carbocycles. The van der Waals surface area contributed by atoms with Crippen LogP contribution in [0.1, 0.15) is 121 Å². The topological polar surface area (TPSA) is 379 Å². The fraction of sp³-hybridized carbons (Fsp3) is 0.676. The number of rotatable bonds is 43. The van der Waals surface area contributed by atoms with Crippen molar-refractivity contribution >= 4 is 22.6 Å². The van der Waals surface area contributed by atoms with Gasteiger partial charge in [-0.3, -0.25) is 0 Å². The van der Waals surface area contributed by atoms with Crippen LogP contribution in [-0.2, 0) is 63.9 Å². The Labute approximate surface area is 620 Å². The van der Waals surface area contributed by atoms with Crippen LogP contribution in [0.25, 0.3) is 0 Å². The fourth-order valence-corrected chi connectivity index (χ4v) is 7.69. The van der Waals surface area contributed by atoms with Crippen molar-refractivity contribution < 1.29 is 57.7 Å². The molecule has 0 aromatic heterocycles. The average Bonchev–Trinajstić information content (AvgIpc) is 0.928. The predicted molar refractivity (Wildman–Crippen MR) is 424 cm³/mol. The summed E-state index contributed by atoms with van der Waals surface area (Å²) < 4.78 is 46.5. The van der Waals surface area contributed by atoms with Crippen molar-refractivity contribution in [2.45, 2.75) is 131 Å². The molecule has 0 amide bonds. The lowest BCUT2D eigenvalue weighted by Crippen LogP contribution is -2.16. The number of nitrogens with two attached hydrogens (primary N) is 7. The third-order valence-electron chi connectivity index (χ3n) is 12.6. The first kappa shape index (κ1) is 107. The highest BCUT2D eigenvalue weighted by atomic mass is 127. The second-order valence-electron chi connectivity index (χ2n) is 21.5. The predicted octanol–water partition coefficient (Wildman–Crippen LogP) is 8.40. The maximum Gasteiger partial charge on any atom is 0.160 e. The van der Waals surface area contributed by atoms with Gasteiger partial charge in [-0.25, -0.2) is 0 Å². The molecule has 5 rings (SSSR count). The molecule has 0 bridgehead atoms. The molecule has 1 heterocycles. The van der Waals surface area contributed by atoms with Gasteiger partial charge in [0.25, 0.3) is 0 Å². The summed E-state index contributed by atoms with van der Waals surface area (Å²) in [5, 5.41) is 31.9. The lowest BCUT2D eigenvalue weighted by atomic mass is 10.1. The number of halogens is 1. The van der Waals surface area contributed by atoms with E-state index in [1.54, 1.807) is 21.3 Å². The zero-order chi connectivity index (χ0) is 75.7. The number of nitrogens with zero attached hydrogens (tertiary/aromatic N) is 3. The van der Waals surface area contributed by atoms with Gasteiger partial charge >= 0.3 is 0 Å². The van der Waals surface area contributed by atoms with Crippen molar-refractivity contribution in [2.75, 3.05) is 201 Å². The zero-order valence-corrected chi connectivity index (χ0v) is 66.2. The number of aliphatic hydroxyl groups is 2. The Morgan fingerprint density at radius 2 is 1.06 bits per heavy atom. The minimum absolute atomic E-state index is 0.0833. The molecular weight excluding hydrogens is 1390 g/mol. The molecule has 0 atom stereocenters. The van der Waals surface area contributed by atoms with Gasteiger partial charge in [0.05, 0.1) is 93.5 Å². The molecule has 26 heteroatoms. The summed E-state index contributed by atoms with van der Waals surface area (Å²) in [6, 6.07) is 34.8. The highest BCUT2D eigenvalue weighted by molar-refractivity contribution is 14.1. The van der Waals surface area contributed by atoms with E-state index in [2.05, 4.69) is 143 Å². The maximum absolute atomic E-state index is 8.34. The van der Waals surface area contributed by atoms with Crippen LogP contribution >= 0.6 is 22.6 Å². The van der Waals surface area contributed by atoms with Gasteiger partial charge in [-0.15, -0.1) is 0 Å². The quantitative estimate of drug-likeness (QED) is 0.00650. The highest BCUT2D eigenvalue weighted by Crippen LogP contribution is 2.27. The minimum atomic E-state index is 0.0833. The van der Waals surface area contributed by atoms with E-state index in [1.807, 2.05) is 80.8 Å². The van der Waals surface area contributed by atoms with Crippen molar-refractivity contribution in [1.29, 1.82) is 0 Å². The van der Waals surface area contributed by atoms with E-state index < -0.39 is 0 Å². The Kier molecular flexibility index (Phi) is 103. The average molecular weight is 1540 g/mol. The lowest BCUT2D eigenvalue weighted by molar-refractivity contribution is -0.0468. The van der Waals surface area contributed by atoms with E-state index >= 15 is 0 Å². The first-order valence-electron chi connectivity index (χ1n) is 35.6. The van der Waals surface area contributed by atoms with Crippen LogP contribution in [0.4, 0.5) is 0 Å². The lowest BCUT2D eigenvalue weighted by Gasteiger charge is -2.08. The summed E-state index contributed by atoms with van der Waals surface area (Å²) in [7, 11) is 13.0. The number of aliphatic hydroxyl groups excluding tert-OH is 2. The van der Waals surface area contributed by atoms with E-state index in [0.717, 1.165) is 102 Å². The van der Waals surface area contributed by atoms with Crippen molar-refractivity contribution in [3.8, 4) is 11.5 Å². The van der Waals surface area contributed by atoms with Gasteiger partial charge in [0.2, 0.25) is 0 Å². The number of hydrogen-bond acceptors (Lipinski definition) is 24. The molecule has 19 N–H and O–H groups in total. The second kappa shape index (κ2) is 96.7. The maximum atomic E-state index is 8.34. The molecular formula is C74H146IN13O12. The van der Waals surface area contributed by atoms with Crippen LogP contribution in [0, 0.1) is 3.57 Å². The molecule has 25 nitrogen and oxygen atoms in total. The van der Waals surface area contributed by atoms with Gasteiger partial charge in [-0.2, -0.15) is 0 Å². The van der Waals surface area contributed by atoms with Gasteiger partial charge in [0, 0.05) is 55.3 Å². The van der Waals surface area contributed by atoms with Crippen molar-refractivity contribution in [3.05, 3.63) is 129 Å². The Hall–Kier alpha value is -4.35. The van der Waals surface area contributed by atoms with Crippen molar-refractivity contribution in [2.24, 2.45) is 50.7 Å². The molecule has 1 fully saturated rings. The number of ether oxygens (including phenoxy) is 9. The Morgan fingerprint density at radius 3 is 1.50 bits per heavy atom. The standard InChI is InChI=1S/C10H15NO2.C9H21N.C8H9I.C8H11N.C7H9N.C6H16N4O3.C6H15NO.C6H12O2.C5H14N2.C5H13NO2.C4H11NO2/c1-12-9-4-3-8(5-6-11)7-10(9)13-2;1-3-4-5-6-7-8-9-10-2;1-2-7-3-5-8(9)6-4-7;1-9-7-8-5-3-2-4-6-8;8-6-7-4-2-1-3-5-7;7-1-2-11-3-4-12-5-6-13-10-9-8;1-2-7-5-3-4-6-8;1-2-3-6-7-4-5-8-6;1-7(2)5-3-4-6;1-7-4-5-8-3-2-6;5-1-3-7-4-2-6/h3-4,7H,5-6,11H2,1-2H3;10H,3-9H2,1-2H3;3-6H,2H2,1H3;2-6,9H,7H2,1H3;1-5H,6,8H2;1-7H2,(H2,8,10);7-8H,2-6H2,1H3;6H,2-5H2,1H3;3-6H2,1-2H3;2-6H2,1H3;6H,1-5H2. The van der Waals surface area contributed by atoms with Crippen LogP contribution in [-0.4, -0.2) is 222 Å². The smallest absolute Gasteiger partial charge is 0.160 e. The van der Waals surface area contributed by atoms with E-state index in [4.69, 9.17) is 87.2 Å². The van der Waals surface area contributed by atoms with Gasteiger partial charge in [-0.05, 0) is 187 Å². The molecule has 1 aliphatic heterocycles. The molecule has 1 aliphatic rings. The van der Waals surface area contributed by atoms with Crippen LogP contribution in [0.15, 0.2) is 114 Å². The summed E-state index contributed by atoms with van der Waals surface area (Å²) in [4.78, 5) is 6.69. The molecule has 100 heavy (non-hydrogen) atoms. The van der Waals surface area contributed by atoms with E-state index in [1.165, 1.54) is 70.9 Å². The van der Waals surface area contributed by atoms with Crippen LogP contribution in [0.5, 0.6) is 11.5 Å². The Balaban J connectivity index is -0.000000244. The van der Waals surface area contributed by atoms with Gasteiger partial charge in [0.15, 0.2) is 17.8 Å². The molecule has 586 valence electrons. The number of hydrogen-bond donors (Lipinski definition) is 12. The Bertz CT molecular complexity index is 2060. The number of unbranched alkanes of at least 4 members (excludes halogenated alkanes) is 6. The molecule has 0 radical (unpaired) electrons. The highest BCUT2D eigenvalue weighted by Gasteiger charge is 2.13. The third kappa shape index (κ3) is 91.7. The number of benzene rings is 4. The SMILES string of the molecule is CCCC1OCCO1.CCCCCCCCNC.CCNCCCCO.CCc1ccc(I)cc1.CN(C)CCCN.CNCc1ccccc1.COCCOCCN.COc1ccc(CCN)cc1OC.NCCOCCO.NCCOCCOCCON=NN.NCc1ccccc1. The molecule has 0 unspecified atom stereocenters. The third-order valence-corrected chi connectivity index (χ3v) is 13.3. The number of nitrogens with one attached hydrogen (secondary N) is 3.